The third-order valence-corrected chi connectivity index (χ3v) is 1.73. The number of ether oxygens (including phenoxy) is 1. The van der Waals surface area contributed by atoms with Gasteiger partial charge >= 0.3 is 6.09 Å². The zero-order valence-corrected chi connectivity index (χ0v) is 10.1. The molecule has 2 N–H and O–H groups in total. The van der Waals surface area contributed by atoms with Crippen LogP contribution in [0.2, 0.25) is 0 Å². The van der Waals surface area contributed by atoms with E-state index < -0.39 is 11.7 Å². The molecule has 1 heterocycles. The molecule has 16 heavy (non-hydrogen) atoms. The monoisotopic (exact) mass is 246 g/mol. The van der Waals surface area contributed by atoms with Crippen LogP contribution in [0.4, 0.5) is 9.93 Å². The smallest absolute Gasteiger partial charge is 0.413 e. The Hall–Kier alpha value is -1.63. The second-order valence-electron chi connectivity index (χ2n) is 3.57. The maximum atomic E-state index is 11.2. The van der Waals surface area contributed by atoms with Gasteiger partial charge in [-0.1, -0.05) is 0 Å². The van der Waals surface area contributed by atoms with Crippen molar-refractivity contribution in [1.29, 1.82) is 0 Å². The lowest BCUT2D eigenvalue weighted by molar-refractivity contribution is -0.122. The minimum atomic E-state index is -0.471. The Morgan fingerprint density at radius 3 is 2.56 bits per heavy atom. The number of carboxylic acid groups (broad SMARTS) is 1. The van der Waals surface area contributed by atoms with Gasteiger partial charge in [0.15, 0.2) is 5.13 Å². The van der Waals surface area contributed by atoms with Gasteiger partial charge in [0.25, 0.3) is 6.47 Å². The summed E-state index contributed by atoms with van der Waals surface area (Å²) < 4.78 is 5.03. The number of hydrogen-bond donors (Lipinski definition) is 2. The Labute approximate surface area is 97.3 Å². The second kappa shape index (κ2) is 6.78. The van der Waals surface area contributed by atoms with Gasteiger partial charge in [-0.25, -0.2) is 9.78 Å². The molecule has 1 aromatic rings. The number of thiazole rings is 1. The normalized spacial score (nSPS) is 9.69. The first-order chi connectivity index (χ1) is 7.39. The summed E-state index contributed by atoms with van der Waals surface area (Å²) in [6.07, 6.45) is 1.15. The molecule has 0 radical (unpaired) electrons. The fourth-order valence-electron chi connectivity index (χ4n) is 0.676. The number of aromatic nitrogens is 1. The molecule has 0 spiro atoms. The summed E-state index contributed by atoms with van der Waals surface area (Å²) in [5, 5.41) is 11.7. The van der Waals surface area contributed by atoms with Crippen molar-refractivity contribution in [2.75, 3.05) is 5.32 Å². The number of amides is 1. The van der Waals surface area contributed by atoms with Crippen molar-refractivity contribution in [3.8, 4) is 0 Å². The standard InChI is InChI=1S/C8H12N2O2S.CH2O2/c1-8(2,3)12-7(11)10-6-9-4-5-13-6;2-1-3/h4-5H,1-3H3,(H,9,10,11);1H,(H,2,3). The molecule has 7 heteroatoms. The average molecular weight is 246 g/mol. The van der Waals surface area contributed by atoms with E-state index in [9.17, 15) is 4.79 Å². The average Bonchev–Trinajstić information content (AvgIpc) is 2.54. The van der Waals surface area contributed by atoms with E-state index in [1.807, 2.05) is 20.8 Å². The summed E-state index contributed by atoms with van der Waals surface area (Å²) in [6.45, 7) is 5.19. The van der Waals surface area contributed by atoms with Crippen LogP contribution >= 0.6 is 11.3 Å². The van der Waals surface area contributed by atoms with Gasteiger partial charge in [-0.05, 0) is 20.8 Å². The highest BCUT2D eigenvalue weighted by molar-refractivity contribution is 7.13. The zero-order valence-electron chi connectivity index (χ0n) is 9.26. The van der Waals surface area contributed by atoms with Crippen LogP contribution in [0.5, 0.6) is 0 Å². The zero-order chi connectivity index (χ0) is 12.6. The lowest BCUT2D eigenvalue weighted by Gasteiger charge is -2.18. The predicted molar refractivity (Wildman–Crippen MR) is 60.7 cm³/mol. The number of anilines is 1. The van der Waals surface area contributed by atoms with Gasteiger partial charge in [0, 0.05) is 11.6 Å². The topological polar surface area (TPSA) is 88.5 Å². The first-order valence-electron chi connectivity index (χ1n) is 4.36. The predicted octanol–water partition coefficient (Wildman–Crippen LogP) is 2.19. The fourth-order valence-corrected chi connectivity index (χ4v) is 1.19. The highest BCUT2D eigenvalue weighted by atomic mass is 32.1. The molecule has 0 aromatic carbocycles. The molecule has 90 valence electrons. The van der Waals surface area contributed by atoms with E-state index in [0.717, 1.165) is 0 Å². The van der Waals surface area contributed by atoms with Gasteiger partial charge in [0.1, 0.15) is 5.60 Å². The van der Waals surface area contributed by atoms with Gasteiger partial charge < -0.3 is 9.84 Å². The number of nitrogens with one attached hydrogen (secondary N) is 1. The molecule has 1 rings (SSSR count). The molecule has 0 aliphatic carbocycles. The fraction of sp³-hybridized carbons (Fsp3) is 0.444. The van der Waals surface area contributed by atoms with Crippen LogP contribution in [0.1, 0.15) is 20.8 Å². The Balaban J connectivity index is 0.000000673. The summed E-state index contributed by atoms with van der Waals surface area (Å²) >= 11 is 1.35. The van der Waals surface area contributed by atoms with Gasteiger partial charge in [-0.2, -0.15) is 0 Å². The maximum absolute atomic E-state index is 11.2. The summed E-state index contributed by atoms with van der Waals surface area (Å²) in [7, 11) is 0. The van der Waals surface area contributed by atoms with Crippen LogP contribution in [-0.2, 0) is 9.53 Å². The highest BCUT2D eigenvalue weighted by Gasteiger charge is 2.16. The number of carbonyl (C=O) groups excluding carboxylic acids is 1. The molecular formula is C9H14N2O4S. The number of nitrogens with zero attached hydrogens (tertiary/aromatic N) is 1. The van der Waals surface area contributed by atoms with E-state index in [1.165, 1.54) is 11.3 Å². The molecule has 0 aliphatic rings. The summed E-state index contributed by atoms with van der Waals surface area (Å²) in [5.74, 6) is 0. The van der Waals surface area contributed by atoms with Gasteiger partial charge in [0.05, 0.1) is 0 Å². The maximum Gasteiger partial charge on any atom is 0.413 e. The molecule has 0 bridgehead atoms. The Kier molecular flexibility index (Phi) is 6.09. The molecule has 0 saturated heterocycles. The van der Waals surface area contributed by atoms with Gasteiger partial charge in [-0.3, -0.25) is 10.1 Å². The van der Waals surface area contributed by atoms with Crippen molar-refractivity contribution in [1.82, 2.24) is 4.98 Å². The van der Waals surface area contributed by atoms with Crippen molar-refractivity contribution in [2.24, 2.45) is 0 Å². The van der Waals surface area contributed by atoms with E-state index in [4.69, 9.17) is 14.6 Å². The van der Waals surface area contributed by atoms with Crippen LogP contribution in [0.15, 0.2) is 11.6 Å². The molecule has 0 atom stereocenters. The minimum Gasteiger partial charge on any atom is -0.483 e. The first kappa shape index (κ1) is 14.4. The quantitative estimate of drug-likeness (QED) is 0.741. The third kappa shape index (κ3) is 7.74. The largest absolute Gasteiger partial charge is 0.483 e. The van der Waals surface area contributed by atoms with Crippen molar-refractivity contribution in [3.05, 3.63) is 11.6 Å². The summed E-state index contributed by atoms with van der Waals surface area (Å²) in [4.78, 5) is 23.4. The van der Waals surface area contributed by atoms with Crippen molar-refractivity contribution < 1.29 is 19.4 Å². The summed E-state index contributed by atoms with van der Waals surface area (Å²) in [6, 6.07) is 0. The SMILES string of the molecule is CC(C)(C)OC(=O)Nc1nccs1.O=CO. The van der Waals surface area contributed by atoms with E-state index >= 15 is 0 Å². The van der Waals surface area contributed by atoms with E-state index in [-0.39, 0.29) is 6.47 Å². The first-order valence-corrected chi connectivity index (χ1v) is 5.24. The molecule has 0 saturated carbocycles. The van der Waals surface area contributed by atoms with Crippen molar-refractivity contribution in [3.63, 3.8) is 0 Å². The van der Waals surface area contributed by atoms with E-state index in [0.29, 0.717) is 5.13 Å². The van der Waals surface area contributed by atoms with E-state index in [1.54, 1.807) is 11.6 Å². The molecule has 6 nitrogen and oxygen atoms in total. The molecule has 0 unspecified atom stereocenters. The molecular weight excluding hydrogens is 232 g/mol. The molecule has 1 amide bonds. The van der Waals surface area contributed by atoms with Gasteiger partial charge in [0.2, 0.25) is 0 Å². The van der Waals surface area contributed by atoms with E-state index in [2.05, 4.69) is 10.3 Å². The van der Waals surface area contributed by atoms with Crippen LogP contribution < -0.4 is 5.32 Å². The minimum absolute atomic E-state index is 0.250. The van der Waals surface area contributed by atoms with Crippen LogP contribution in [0, 0.1) is 0 Å². The van der Waals surface area contributed by atoms with Gasteiger partial charge in [-0.15, -0.1) is 11.3 Å². The van der Waals surface area contributed by atoms with Crippen LogP contribution in [0.25, 0.3) is 0 Å². The Morgan fingerprint density at radius 1 is 1.62 bits per heavy atom. The number of rotatable bonds is 1. The molecule has 0 aliphatic heterocycles. The highest BCUT2D eigenvalue weighted by Crippen LogP contribution is 2.13. The summed E-state index contributed by atoms with van der Waals surface area (Å²) in [5.41, 5.74) is -0.471. The molecule has 0 fully saturated rings. The van der Waals surface area contributed by atoms with Crippen molar-refractivity contribution in [2.45, 2.75) is 26.4 Å². The molecule has 1 aromatic heterocycles. The number of carbonyl (C=O) groups is 2. The lowest BCUT2D eigenvalue weighted by Crippen LogP contribution is -2.27. The Morgan fingerprint density at radius 2 is 2.19 bits per heavy atom. The van der Waals surface area contributed by atoms with Crippen LogP contribution in [0.3, 0.4) is 0 Å². The lowest BCUT2D eigenvalue weighted by atomic mass is 10.2. The third-order valence-electron chi connectivity index (χ3n) is 1.04. The second-order valence-corrected chi connectivity index (χ2v) is 4.46. The Bertz CT molecular complexity index is 319. The number of hydrogen-bond acceptors (Lipinski definition) is 5. The van der Waals surface area contributed by atoms with Crippen LogP contribution in [-0.4, -0.2) is 28.3 Å². The van der Waals surface area contributed by atoms with Crippen molar-refractivity contribution >= 4 is 29.0 Å².